The number of carbonyl (C=O) groups excluding carboxylic acids is 2. The first-order valence-corrected chi connectivity index (χ1v) is 10.8. The average Bonchev–Trinajstić information content (AvgIpc) is 3.36. The summed E-state index contributed by atoms with van der Waals surface area (Å²) in [6.07, 6.45) is 3.54. The van der Waals surface area contributed by atoms with Crippen LogP contribution in [-0.2, 0) is 16.1 Å². The van der Waals surface area contributed by atoms with Crippen molar-refractivity contribution < 1.29 is 19.2 Å². The van der Waals surface area contributed by atoms with Gasteiger partial charge in [0.2, 0.25) is 0 Å². The van der Waals surface area contributed by atoms with Crippen LogP contribution in [0.5, 0.6) is 0 Å². The molecule has 0 unspecified atom stereocenters. The number of nitrogens with zero attached hydrogens (tertiary/aromatic N) is 5. The van der Waals surface area contributed by atoms with Crippen LogP contribution in [0.2, 0.25) is 0 Å². The number of aromatic nitrogens is 4. The van der Waals surface area contributed by atoms with Crippen LogP contribution in [0.25, 0.3) is 22.1 Å². The maximum Gasteiger partial charge on any atom is 0.285 e. The van der Waals surface area contributed by atoms with Gasteiger partial charge in [-0.05, 0) is 30.2 Å². The van der Waals surface area contributed by atoms with Gasteiger partial charge in [-0.3, -0.25) is 19.4 Å². The minimum Gasteiger partial charge on any atom is -0.377 e. The molecule has 0 saturated carbocycles. The second kappa shape index (κ2) is 8.68. The molecule has 0 saturated heterocycles. The van der Waals surface area contributed by atoms with E-state index in [4.69, 9.17) is 14.6 Å². The SMILES string of the molecule is CC(C)c1nc2cccnc2c2c1ncn2CCOCCON1C(=O)c2ccccc2C1=O. The first kappa shape index (κ1) is 21.2. The molecule has 0 bridgehead atoms. The molecular weight excluding hydrogens is 422 g/mol. The molecule has 4 heterocycles. The summed E-state index contributed by atoms with van der Waals surface area (Å²) in [6.45, 7) is 5.49. The number of pyridine rings is 2. The number of hydrogen-bond acceptors (Lipinski definition) is 7. The number of benzene rings is 1. The monoisotopic (exact) mass is 445 g/mol. The Bertz CT molecular complexity index is 1330. The fourth-order valence-electron chi connectivity index (χ4n) is 3.98. The summed E-state index contributed by atoms with van der Waals surface area (Å²) in [5.74, 6) is -0.667. The summed E-state index contributed by atoms with van der Waals surface area (Å²) in [7, 11) is 0. The predicted molar refractivity (Wildman–Crippen MR) is 121 cm³/mol. The van der Waals surface area contributed by atoms with E-state index in [9.17, 15) is 9.59 Å². The van der Waals surface area contributed by atoms with Gasteiger partial charge in [-0.2, -0.15) is 0 Å². The highest BCUT2D eigenvalue weighted by Crippen LogP contribution is 2.28. The Morgan fingerprint density at radius 1 is 0.909 bits per heavy atom. The lowest BCUT2D eigenvalue weighted by molar-refractivity contribution is -0.106. The van der Waals surface area contributed by atoms with Gasteiger partial charge in [0.05, 0.1) is 54.0 Å². The number of carbonyl (C=O) groups is 2. The highest BCUT2D eigenvalue weighted by molar-refractivity contribution is 6.20. The molecule has 1 aliphatic heterocycles. The molecule has 0 spiro atoms. The normalized spacial score (nSPS) is 13.6. The summed E-state index contributed by atoms with van der Waals surface area (Å²) in [5, 5.41) is 0.801. The molecule has 0 aliphatic carbocycles. The Morgan fingerprint density at radius 3 is 2.39 bits per heavy atom. The van der Waals surface area contributed by atoms with Crippen molar-refractivity contribution in [1.29, 1.82) is 0 Å². The minimum absolute atomic E-state index is 0.0854. The smallest absolute Gasteiger partial charge is 0.285 e. The molecule has 2 amide bonds. The number of hydroxylamine groups is 2. The maximum absolute atomic E-state index is 12.3. The molecule has 0 fully saturated rings. The van der Waals surface area contributed by atoms with Crippen LogP contribution in [0.15, 0.2) is 48.9 Å². The third kappa shape index (κ3) is 3.75. The summed E-state index contributed by atoms with van der Waals surface area (Å²) in [4.78, 5) is 43.9. The van der Waals surface area contributed by atoms with Crippen LogP contribution in [0, 0.1) is 0 Å². The lowest BCUT2D eigenvalue weighted by Gasteiger charge is -2.13. The van der Waals surface area contributed by atoms with Gasteiger partial charge >= 0.3 is 0 Å². The van der Waals surface area contributed by atoms with E-state index < -0.39 is 11.8 Å². The Morgan fingerprint density at radius 2 is 1.67 bits per heavy atom. The van der Waals surface area contributed by atoms with Crippen molar-refractivity contribution >= 4 is 33.9 Å². The van der Waals surface area contributed by atoms with Crippen LogP contribution in [0.4, 0.5) is 0 Å². The van der Waals surface area contributed by atoms with E-state index in [1.54, 1.807) is 36.8 Å². The standard InChI is InChI=1S/C24H23N5O4/c1-15(2)19-21-22(20-18(27-19)8-5-9-25-20)28(14-26-21)10-11-32-12-13-33-29-23(30)16-6-3-4-7-17(16)24(29)31/h3-9,14-15H,10-13H2,1-2H3. The fourth-order valence-corrected chi connectivity index (χ4v) is 3.98. The van der Waals surface area contributed by atoms with E-state index in [1.807, 2.05) is 16.7 Å². The van der Waals surface area contributed by atoms with Crippen LogP contribution >= 0.6 is 0 Å². The van der Waals surface area contributed by atoms with E-state index in [1.165, 1.54) is 0 Å². The molecule has 1 aliphatic rings. The summed E-state index contributed by atoms with van der Waals surface area (Å²) in [6, 6.07) is 10.5. The Balaban J connectivity index is 1.21. The largest absolute Gasteiger partial charge is 0.377 e. The number of imide groups is 1. The molecule has 9 heteroatoms. The Labute approximate surface area is 189 Å². The zero-order chi connectivity index (χ0) is 22.9. The molecule has 5 rings (SSSR count). The van der Waals surface area contributed by atoms with Gasteiger partial charge in [0.1, 0.15) is 11.0 Å². The molecule has 3 aromatic heterocycles. The zero-order valence-corrected chi connectivity index (χ0v) is 18.4. The topological polar surface area (TPSA) is 99.4 Å². The molecule has 33 heavy (non-hydrogen) atoms. The van der Waals surface area contributed by atoms with Gasteiger partial charge in [0.15, 0.2) is 0 Å². The first-order valence-electron chi connectivity index (χ1n) is 10.8. The summed E-state index contributed by atoms with van der Waals surface area (Å²) < 4.78 is 7.71. The van der Waals surface area contributed by atoms with E-state index in [0.29, 0.717) is 24.3 Å². The Kier molecular flexibility index (Phi) is 5.57. The third-order valence-electron chi connectivity index (χ3n) is 5.56. The van der Waals surface area contributed by atoms with Gasteiger partial charge in [-0.25, -0.2) is 9.97 Å². The molecule has 168 valence electrons. The maximum atomic E-state index is 12.3. The van der Waals surface area contributed by atoms with Gasteiger partial charge < -0.3 is 9.30 Å². The predicted octanol–water partition coefficient (Wildman–Crippen LogP) is 3.35. The number of rotatable bonds is 8. The summed E-state index contributed by atoms with van der Waals surface area (Å²) in [5.41, 5.74) is 5.09. The number of fused-ring (bicyclic) bond motifs is 4. The van der Waals surface area contributed by atoms with Crippen molar-refractivity contribution in [3.05, 3.63) is 65.7 Å². The lowest BCUT2D eigenvalue weighted by atomic mass is 10.1. The highest BCUT2D eigenvalue weighted by atomic mass is 16.7. The van der Waals surface area contributed by atoms with Gasteiger partial charge in [-0.1, -0.05) is 26.0 Å². The molecule has 4 aromatic rings. The van der Waals surface area contributed by atoms with Crippen molar-refractivity contribution in [2.75, 3.05) is 19.8 Å². The number of hydrogen-bond donors (Lipinski definition) is 0. The van der Waals surface area contributed by atoms with Crippen LogP contribution in [-0.4, -0.2) is 56.2 Å². The van der Waals surface area contributed by atoms with Gasteiger partial charge in [-0.15, -0.1) is 5.06 Å². The average molecular weight is 445 g/mol. The third-order valence-corrected chi connectivity index (χ3v) is 5.56. The molecule has 0 radical (unpaired) electrons. The van der Waals surface area contributed by atoms with Crippen molar-refractivity contribution in [3.63, 3.8) is 0 Å². The first-order chi connectivity index (χ1) is 16.1. The van der Waals surface area contributed by atoms with Crippen molar-refractivity contribution in [2.45, 2.75) is 26.3 Å². The zero-order valence-electron chi connectivity index (χ0n) is 18.4. The lowest BCUT2D eigenvalue weighted by Crippen LogP contribution is -2.31. The minimum atomic E-state index is -0.450. The molecule has 9 nitrogen and oxygen atoms in total. The van der Waals surface area contributed by atoms with Gasteiger partial charge in [0.25, 0.3) is 11.8 Å². The molecular formula is C24H23N5O4. The van der Waals surface area contributed by atoms with Crippen LogP contribution in [0.1, 0.15) is 46.2 Å². The second-order valence-electron chi connectivity index (χ2n) is 8.05. The van der Waals surface area contributed by atoms with Crippen LogP contribution < -0.4 is 0 Å². The van der Waals surface area contributed by atoms with E-state index in [-0.39, 0.29) is 19.1 Å². The van der Waals surface area contributed by atoms with Crippen molar-refractivity contribution in [1.82, 2.24) is 24.6 Å². The van der Waals surface area contributed by atoms with Gasteiger partial charge in [0, 0.05) is 12.7 Å². The molecule has 0 N–H and O–H groups in total. The number of ether oxygens (including phenoxy) is 1. The summed E-state index contributed by atoms with van der Waals surface area (Å²) >= 11 is 0. The molecule has 0 atom stereocenters. The van der Waals surface area contributed by atoms with Crippen molar-refractivity contribution in [3.8, 4) is 0 Å². The Hall–Kier alpha value is -3.69. The quantitative estimate of drug-likeness (QED) is 0.303. The van der Waals surface area contributed by atoms with E-state index in [0.717, 1.165) is 32.8 Å². The highest BCUT2D eigenvalue weighted by Gasteiger charge is 2.36. The van der Waals surface area contributed by atoms with E-state index in [2.05, 4.69) is 23.8 Å². The fraction of sp³-hybridized carbons (Fsp3) is 0.292. The number of imidazole rings is 1. The molecule has 1 aromatic carbocycles. The van der Waals surface area contributed by atoms with Crippen molar-refractivity contribution in [2.24, 2.45) is 0 Å². The van der Waals surface area contributed by atoms with E-state index >= 15 is 0 Å². The second-order valence-corrected chi connectivity index (χ2v) is 8.05. The van der Waals surface area contributed by atoms with Crippen LogP contribution in [0.3, 0.4) is 0 Å². The number of amides is 2.